The van der Waals surface area contributed by atoms with E-state index in [1.165, 1.54) is 148 Å². The number of phosphoric acid groups is 1. The molecule has 368 valence electrons. The molecule has 0 rings (SSSR count). The van der Waals surface area contributed by atoms with Crippen molar-refractivity contribution >= 4 is 25.7 Å². The predicted molar refractivity (Wildman–Crippen MR) is 255 cm³/mol. The largest absolute Gasteiger partial charge is 0.480 e. The molecule has 0 aromatic heterocycles. The highest BCUT2D eigenvalue weighted by molar-refractivity contribution is 7.47. The highest BCUT2D eigenvalue weighted by Crippen LogP contribution is 2.43. The number of hydrogen-bond donors (Lipinski definition) is 4. The van der Waals surface area contributed by atoms with Gasteiger partial charge in [0.25, 0.3) is 0 Å². The zero-order valence-electron chi connectivity index (χ0n) is 39.8. The number of carbonyl (C=O) groups excluding carboxylic acids is 2. The van der Waals surface area contributed by atoms with Crippen molar-refractivity contribution in [2.75, 3.05) is 19.8 Å². The SMILES string of the molecule is CCCCCCCC/C=C/C/C=C/C=C/C(O)CCCC(=O)O[C@H](COC(=O)CCCCCCCCCCCCCCCCCCCCCCC)COP(=O)(O)OC[C@H](N)C(=O)O. The number of aliphatic carboxylic acids is 1. The molecule has 0 aromatic rings. The summed E-state index contributed by atoms with van der Waals surface area (Å²) in [5, 5.41) is 19.2. The molecule has 0 aromatic carbocycles. The van der Waals surface area contributed by atoms with Crippen molar-refractivity contribution in [3.63, 3.8) is 0 Å². The minimum absolute atomic E-state index is 0.0607. The third-order valence-corrected chi connectivity index (χ3v) is 11.9. The molecule has 4 atom stereocenters. The van der Waals surface area contributed by atoms with Gasteiger partial charge in [0.05, 0.1) is 19.3 Å². The first-order valence-electron chi connectivity index (χ1n) is 25.1. The Kier molecular flexibility index (Phi) is 43.2. The van der Waals surface area contributed by atoms with Gasteiger partial charge in [-0.05, 0) is 38.5 Å². The molecular formula is C50H92NO11P. The van der Waals surface area contributed by atoms with Crippen LogP contribution in [-0.2, 0) is 37.5 Å². The van der Waals surface area contributed by atoms with Crippen molar-refractivity contribution < 1.29 is 52.6 Å². The standard InChI is InChI=1S/C50H92NO11P/c1-3-5-7-9-11-13-15-17-18-19-20-21-22-23-24-26-28-30-32-34-36-40-48(53)59-42-46(43-60-63(57,58)61-44-47(51)50(55)56)62-49(54)41-37-39-45(52)38-35-33-31-29-27-25-16-14-12-10-8-6-4-2/h25,27,31,33,35,38,45-47,52H,3-24,26,28-30,32,34,36-37,39-44,51H2,1-2H3,(H,55,56)(H,57,58)/b27-25+,33-31+,38-35+/t45?,46-,47+/m1/s1. The topological polar surface area (TPSA) is 192 Å². The first-order chi connectivity index (χ1) is 30.5. The van der Waals surface area contributed by atoms with Gasteiger partial charge in [0.2, 0.25) is 0 Å². The van der Waals surface area contributed by atoms with Crippen LogP contribution in [0.25, 0.3) is 0 Å². The number of esters is 2. The Morgan fingerprint density at radius 2 is 1.03 bits per heavy atom. The number of phosphoric ester groups is 1. The van der Waals surface area contributed by atoms with Gasteiger partial charge in [-0.3, -0.25) is 23.4 Å². The van der Waals surface area contributed by atoms with Crippen molar-refractivity contribution in [1.82, 2.24) is 0 Å². The molecule has 0 radical (unpaired) electrons. The molecule has 0 heterocycles. The van der Waals surface area contributed by atoms with Gasteiger partial charge in [0, 0.05) is 12.8 Å². The van der Waals surface area contributed by atoms with Crippen molar-refractivity contribution in [3.05, 3.63) is 36.5 Å². The average Bonchev–Trinajstić information content (AvgIpc) is 3.25. The maximum Gasteiger partial charge on any atom is 0.472 e. The summed E-state index contributed by atoms with van der Waals surface area (Å²) in [5.41, 5.74) is 5.34. The molecule has 5 N–H and O–H groups in total. The molecule has 0 amide bonds. The van der Waals surface area contributed by atoms with E-state index < -0.39 is 63.8 Å². The lowest BCUT2D eigenvalue weighted by molar-refractivity contribution is -0.161. The lowest BCUT2D eigenvalue weighted by Crippen LogP contribution is -2.34. The van der Waals surface area contributed by atoms with Gasteiger partial charge in [0.1, 0.15) is 12.6 Å². The molecule has 0 aliphatic rings. The van der Waals surface area contributed by atoms with Crippen LogP contribution in [0.15, 0.2) is 36.5 Å². The van der Waals surface area contributed by atoms with Gasteiger partial charge in [-0.2, -0.15) is 0 Å². The molecule has 0 aliphatic carbocycles. The molecule has 13 heteroatoms. The second kappa shape index (κ2) is 44.8. The van der Waals surface area contributed by atoms with Crippen molar-refractivity contribution in [1.29, 1.82) is 0 Å². The van der Waals surface area contributed by atoms with Crippen molar-refractivity contribution in [2.24, 2.45) is 5.73 Å². The molecule has 0 bridgehead atoms. The van der Waals surface area contributed by atoms with Crippen molar-refractivity contribution in [3.8, 4) is 0 Å². The van der Waals surface area contributed by atoms with Crippen LogP contribution in [0.1, 0.15) is 226 Å². The smallest absolute Gasteiger partial charge is 0.472 e. The van der Waals surface area contributed by atoms with E-state index in [2.05, 4.69) is 30.5 Å². The molecule has 0 saturated carbocycles. The summed E-state index contributed by atoms with van der Waals surface area (Å²) in [6, 6.07) is -1.55. The number of nitrogens with two attached hydrogens (primary N) is 1. The number of aliphatic hydroxyl groups excluding tert-OH is 1. The van der Waals surface area contributed by atoms with Gasteiger partial charge in [0.15, 0.2) is 6.10 Å². The minimum atomic E-state index is -4.77. The molecule has 63 heavy (non-hydrogen) atoms. The third kappa shape index (κ3) is 44.6. The third-order valence-electron chi connectivity index (χ3n) is 11.0. The normalized spacial score (nSPS) is 14.4. The second-order valence-electron chi connectivity index (χ2n) is 17.2. The number of ether oxygens (including phenoxy) is 2. The van der Waals surface area contributed by atoms with Crippen molar-refractivity contribution in [2.45, 2.75) is 244 Å². The number of rotatable bonds is 47. The monoisotopic (exact) mass is 914 g/mol. The van der Waals surface area contributed by atoms with E-state index in [9.17, 15) is 28.9 Å². The van der Waals surface area contributed by atoms with Gasteiger partial charge >= 0.3 is 25.7 Å². The highest BCUT2D eigenvalue weighted by atomic mass is 31.2. The lowest BCUT2D eigenvalue weighted by atomic mass is 10.0. The van der Waals surface area contributed by atoms with Crippen LogP contribution in [-0.4, -0.2) is 71.1 Å². The molecule has 0 fully saturated rings. The Labute approximate surface area is 383 Å². The Bertz CT molecular complexity index is 1230. The van der Waals surface area contributed by atoms with Gasteiger partial charge < -0.3 is 30.3 Å². The summed E-state index contributed by atoms with van der Waals surface area (Å²) in [7, 11) is -4.77. The number of carbonyl (C=O) groups is 3. The maximum atomic E-state index is 12.7. The van der Waals surface area contributed by atoms with Crippen LogP contribution in [0.3, 0.4) is 0 Å². The Morgan fingerprint density at radius 3 is 1.54 bits per heavy atom. The summed E-state index contributed by atoms with van der Waals surface area (Å²) in [6.07, 6.45) is 46.7. The van der Waals surface area contributed by atoms with E-state index in [0.717, 1.165) is 32.1 Å². The van der Waals surface area contributed by atoms with Crippen LogP contribution < -0.4 is 5.73 Å². The number of carboxylic acids is 1. The first-order valence-corrected chi connectivity index (χ1v) is 26.6. The number of carboxylic acid groups (broad SMARTS) is 1. The van der Waals surface area contributed by atoms with E-state index >= 15 is 0 Å². The Hall–Kier alpha value is -2.34. The zero-order chi connectivity index (χ0) is 46.5. The van der Waals surface area contributed by atoms with E-state index in [1.807, 2.05) is 12.2 Å². The number of allylic oxidation sites excluding steroid dienone is 5. The van der Waals surface area contributed by atoms with Crippen LogP contribution in [0.4, 0.5) is 0 Å². The van der Waals surface area contributed by atoms with Crippen LogP contribution in [0.5, 0.6) is 0 Å². The summed E-state index contributed by atoms with van der Waals surface area (Å²) >= 11 is 0. The van der Waals surface area contributed by atoms with Gasteiger partial charge in [-0.1, -0.05) is 211 Å². The minimum Gasteiger partial charge on any atom is -0.480 e. The predicted octanol–water partition coefficient (Wildman–Crippen LogP) is 12.9. The second-order valence-corrected chi connectivity index (χ2v) is 18.6. The van der Waals surface area contributed by atoms with Gasteiger partial charge in [-0.15, -0.1) is 0 Å². The van der Waals surface area contributed by atoms with Crippen LogP contribution in [0, 0.1) is 0 Å². The van der Waals surface area contributed by atoms with E-state index in [0.29, 0.717) is 19.3 Å². The van der Waals surface area contributed by atoms with Crippen LogP contribution >= 0.6 is 7.82 Å². The van der Waals surface area contributed by atoms with E-state index in [-0.39, 0.29) is 12.8 Å². The fourth-order valence-corrected chi connectivity index (χ4v) is 7.80. The first kappa shape index (κ1) is 60.7. The fourth-order valence-electron chi connectivity index (χ4n) is 7.02. The molecule has 0 saturated heterocycles. The molecular weight excluding hydrogens is 822 g/mol. The number of hydrogen-bond acceptors (Lipinski definition) is 10. The Balaban J connectivity index is 4.38. The summed E-state index contributed by atoms with van der Waals surface area (Å²) in [6.45, 7) is 2.64. The molecule has 0 spiro atoms. The van der Waals surface area contributed by atoms with E-state index in [4.69, 9.17) is 24.8 Å². The van der Waals surface area contributed by atoms with Crippen LogP contribution in [0.2, 0.25) is 0 Å². The van der Waals surface area contributed by atoms with E-state index in [1.54, 1.807) is 12.2 Å². The van der Waals surface area contributed by atoms with Gasteiger partial charge in [-0.25, -0.2) is 4.57 Å². The Morgan fingerprint density at radius 1 is 0.571 bits per heavy atom. The highest BCUT2D eigenvalue weighted by Gasteiger charge is 2.28. The average molecular weight is 914 g/mol. The summed E-state index contributed by atoms with van der Waals surface area (Å²) < 4.78 is 32.7. The molecule has 12 nitrogen and oxygen atoms in total. The quantitative estimate of drug-likeness (QED) is 0.0149. The lowest BCUT2D eigenvalue weighted by Gasteiger charge is -2.20. The molecule has 0 aliphatic heterocycles. The number of aliphatic hydroxyl groups is 1. The number of unbranched alkanes of at least 4 members (excludes halogenated alkanes) is 26. The zero-order valence-corrected chi connectivity index (χ0v) is 40.7. The maximum absolute atomic E-state index is 12.7. The summed E-state index contributed by atoms with van der Waals surface area (Å²) in [4.78, 5) is 46.1. The fraction of sp³-hybridized carbons (Fsp3) is 0.820. The molecule has 2 unspecified atom stereocenters. The summed E-state index contributed by atoms with van der Waals surface area (Å²) in [5.74, 6) is -2.59.